The number of aliphatic hydroxyl groups excluding tert-OH is 1. The van der Waals surface area contributed by atoms with Gasteiger partial charge in [-0.1, -0.05) is 18.2 Å². The van der Waals surface area contributed by atoms with Crippen LogP contribution in [0.25, 0.3) is 0 Å². The Kier molecular flexibility index (Phi) is 5.13. The van der Waals surface area contributed by atoms with Gasteiger partial charge < -0.3 is 14.6 Å². The Hall–Kier alpha value is -1.11. The highest BCUT2D eigenvalue weighted by molar-refractivity contribution is 5.26. The van der Waals surface area contributed by atoms with Crippen molar-refractivity contribution in [2.45, 2.75) is 25.0 Å². The van der Waals surface area contributed by atoms with Crippen molar-refractivity contribution in [3.63, 3.8) is 0 Å². The van der Waals surface area contributed by atoms with E-state index in [2.05, 4.69) is 0 Å². The molecular formula is C12H15F3O3. The molecular weight excluding hydrogens is 249 g/mol. The van der Waals surface area contributed by atoms with Gasteiger partial charge in [-0.2, -0.15) is 13.2 Å². The van der Waals surface area contributed by atoms with Crippen molar-refractivity contribution >= 4 is 0 Å². The van der Waals surface area contributed by atoms with E-state index in [0.717, 1.165) is 12.1 Å². The molecule has 0 bridgehead atoms. The molecule has 1 atom stereocenters. The second kappa shape index (κ2) is 6.17. The lowest BCUT2D eigenvalue weighted by Gasteiger charge is -2.20. The van der Waals surface area contributed by atoms with Crippen LogP contribution in [0.1, 0.15) is 11.1 Å². The monoisotopic (exact) mass is 264 g/mol. The molecule has 18 heavy (non-hydrogen) atoms. The van der Waals surface area contributed by atoms with Crippen LogP contribution < -0.4 is 0 Å². The molecule has 0 spiro atoms. The largest absolute Gasteiger partial charge is 0.416 e. The number of halogens is 3. The highest BCUT2D eigenvalue weighted by Gasteiger charge is 2.30. The fourth-order valence-corrected chi connectivity index (χ4v) is 1.62. The van der Waals surface area contributed by atoms with Crippen LogP contribution in [-0.2, 0) is 22.1 Å². The summed E-state index contributed by atoms with van der Waals surface area (Å²) in [6, 6.07) is 4.81. The van der Waals surface area contributed by atoms with Crippen LogP contribution in [0.5, 0.6) is 0 Å². The van der Waals surface area contributed by atoms with Gasteiger partial charge in [0.15, 0.2) is 6.29 Å². The number of methoxy groups -OCH3 is 2. The van der Waals surface area contributed by atoms with Gasteiger partial charge in [0.2, 0.25) is 0 Å². The van der Waals surface area contributed by atoms with E-state index >= 15 is 0 Å². The van der Waals surface area contributed by atoms with Crippen molar-refractivity contribution in [3.8, 4) is 0 Å². The summed E-state index contributed by atoms with van der Waals surface area (Å²) in [6.45, 7) is 0. The van der Waals surface area contributed by atoms with Crippen LogP contribution in [-0.4, -0.2) is 31.7 Å². The maximum absolute atomic E-state index is 12.5. The first-order valence-corrected chi connectivity index (χ1v) is 5.28. The van der Waals surface area contributed by atoms with Crippen molar-refractivity contribution in [1.29, 1.82) is 0 Å². The highest BCUT2D eigenvalue weighted by Crippen LogP contribution is 2.29. The van der Waals surface area contributed by atoms with Gasteiger partial charge in [-0.15, -0.1) is 0 Å². The third kappa shape index (κ3) is 3.97. The van der Waals surface area contributed by atoms with Gasteiger partial charge in [-0.05, 0) is 11.6 Å². The molecule has 1 aromatic rings. The lowest BCUT2D eigenvalue weighted by atomic mass is 10.0. The summed E-state index contributed by atoms with van der Waals surface area (Å²) in [7, 11) is 2.70. The van der Waals surface area contributed by atoms with Crippen LogP contribution >= 0.6 is 0 Å². The van der Waals surface area contributed by atoms with E-state index in [9.17, 15) is 18.3 Å². The summed E-state index contributed by atoms with van der Waals surface area (Å²) in [6.07, 6.45) is -6.25. The van der Waals surface area contributed by atoms with Crippen molar-refractivity contribution in [1.82, 2.24) is 0 Å². The quantitative estimate of drug-likeness (QED) is 0.829. The summed E-state index contributed by atoms with van der Waals surface area (Å²) >= 11 is 0. The minimum Gasteiger partial charge on any atom is -0.387 e. The normalized spacial score (nSPS) is 13.9. The van der Waals surface area contributed by atoms with E-state index in [-0.39, 0.29) is 6.42 Å². The van der Waals surface area contributed by atoms with E-state index < -0.39 is 24.1 Å². The topological polar surface area (TPSA) is 38.7 Å². The zero-order valence-electron chi connectivity index (χ0n) is 10.1. The lowest BCUT2D eigenvalue weighted by molar-refractivity contribution is -0.163. The SMILES string of the molecule is COC(OC)C(O)Cc1cccc(C(F)(F)F)c1. The fourth-order valence-electron chi connectivity index (χ4n) is 1.62. The summed E-state index contributed by atoms with van der Waals surface area (Å²) in [5.74, 6) is 0. The molecule has 6 heteroatoms. The average molecular weight is 264 g/mol. The van der Waals surface area contributed by atoms with Crippen LogP contribution in [0.3, 0.4) is 0 Å². The maximum Gasteiger partial charge on any atom is 0.416 e. The lowest BCUT2D eigenvalue weighted by Crippen LogP contribution is -2.31. The van der Waals surface area contributed by atoms with Crippen LogP contribution in [0.2, 0.25) is 0 Å². The summed E-state index contributed by atoms with van der Waals surface area (Å²) in [5, 5.41) is 9.72. The summed E-state index contributed by atoms with van der Waals surface area (Å²) in [5.41, 5.74) is -0.366. The number of aliphatic hydroxyl groups is 1. The Morgan fingerprint density at radius 1 is 1.22 bits per heavy atom. The Morgan fingerprint density at radius 2 is 1.83 bits per heavy atom. The molecule has 1 aromatic carbocycles. The molecule has 0 fully saturated rings. The second-order valence-corrected chi connectivity index (χ2v) is 3.81. The third-order valence-electron chi connectivity index (χ3n) is 2.48. The van der Waals surface area contributed by atoms with Crippen molar-refractivity contribution in [2.24, 2.45) is 0 Å². The molecule has 1 N–H and O–H groups in total. The first-order valence-electron chi connectivity index (χ1n) is 5.28. The van der Waals surface area contributed by atoms with Crippen molar-refractivity contribution < 1.29 is 27.8 Å². The van der Waals surface area contributed by atoms with Gasteiger partial charge in [0.25, 0.3) is 0 Å². The van der Waals surface area contributed by atoms with Crippen LogP contribution in [0.15, 0.2) is 24.3 Å². The first-order chi connectivity index (χ1) is 8.38. The average Bonchev–Trinajstić information content (AvgIpc) is 2.29. The molecule has 102 valence electrons. The standard InChI is InChI=1S/C12H15F3O3/c1-17-11(18-2)10(16)7-8-4-3-5-9(6-8)12(13,14)15/h3-6,10-11,16H,7H2,1-2H3. The molecule has 0 aliphatic carbocycles. The molecule has 1 unspecified atom stereocenters. The predicted molar refractivity (Wildman–Crippen MR) is 59.0 cm³/mol. The zero-order chi connectivity index (χ0) is 13.8. The highest BCUT2D eigenvalue weighted by atomic mass is 19.4. The molecule has 0 aliphatic rings. The molecule has 1 rings (SSSR count). The van der Waals surface area contributed by atoms with Crippen LogP contribution in [0, 0.1) is 0 Å². The fraction of sp³-hybridized carbons (Fsp3) is 0.500. The number of ether oxygens (including phenoxy) is 2. The minimum atomic E-state index is -4.39. The number of rotatable bonds is 5. The minimum absolute atomic E-state index is 0.0241. The van der Waals surface area contributed by atoms with E-state index in [1.54, 1.807) is 0 Å². The predicted octanol–water partition coefficient (Wildman–Crippen LogP) is 2.23. The van der Waals surface area contributed by atoms with Gasteiger partial charge >= 0.3 is 6.18 Å². The van der Waals surface area contributed by atoms with E-state index in [4.69, 9.17) is 9.47 Å². The van der Waals surface area contributed by atoms with E-state index in [0.29, 0.717) is 5.56 Å². The second-order valence-electron chi connectivity index (χ2n) is 3.81. The smallest absolute Gasteiger partial charge is 0.387 e. The Balaban J connectivity index is 2.79. The molecule has 0 aromatic heterocycles. The molecule has 0 saturated carbocycles. The zero-order valence-corrected chi connectivity index (χ0v) is 10.1. The van der Waals surface area contributed by atoms with E-state index in [1.807, 2.05) is 0 Å². The van der Waals surface area contributed by atoms with Gasteiger partial charge in [-0.3, -0.25) is 0 Å². The third-order valence-corrected chi connectivity index (χ3v) is 2.48. The maximum atomic E-state index is 12.5. The van der Waals surface area contributed by atoms with Crippen LogP contribution in [0.4, 0.5) is 13.2 Å². The number of hydrogen-bond donors (Lipinski definition) is 1. The summed E-state index contributed by atoms with van der Waals surface area (Å²) < 4.78 is 47.1. The molecule has 0 heterocycles. The number of benzene rings is 1. The van der Waals surface area contributed by atoms with Crippen molar-refractivity contribution in [3.05, 3.63) is 35.4 Å². The molecule has 0 amide bonds. The van der Waals surface area contributed by atoms with Gasteiger partial charge in [0, 0.05) is 20.6 Å². The molecule has 0 aliphatic heterocycles. The first kappa shape index (κ1) is 14.9. The molecule has 0 radical (unpaired) electrons. The van der Waals surface area contributed by atoms with Gasteiger partial charge in [0.05, 0.1) is 5.56 Å². The Morgan fingerprint density at radius 3 is 2.33 bits per heavy atom. The van der Waals surface area contributed by atoms with Crippen molar-refractivity contribution in [2.75, 3.05) is 14.2 Å². The van der Waals surface area contributed by atoms with Gasteiger partial charge in [0.1, 0.15) is 6.10 Å². The Bertz CT molecular complexity index is 375. The van der Waals surface area contributed by atoms with Gasteiger partial charge in [-0.25, -0.2) is 0 Å². The van der Waals surface area contributed by atoms with E-state index in [1.165, 1.54) is 26.4 Å². The summed E-state index contributed by atoms with van der Waals surface area (Å²) in [4.78, 5) is 0. The number of hydrogen-bond acceptors (Lipinski definition) is 3. The molecule has 0 saturated heterocycles. The number of alkyl halides is 3. The molecule has 3 nitrogen and oxygen atoms in total. The Labute approximate surface area is 103 Å².